The van der Waals surface area contributed by atoms with Crippen molar-refractivity contribution < 1.29 is 27.9 Å². The molecule has 162 valence electrons. The summed E-state index contributed by atoms with van der Waals surface area (Å²) in [7, 11) is 0. The summed E-state index contributed by atoms with van der Waals surface area (Å²) in [6.45, 7) is 6.15. The van der Waals surface area contributed by atoms with E-state index in [2.05, 4.69) is 26.1 Å². The predicted octanol–water partition coefficient (Wildman–Crippen LogP) is 6.68. The third kappa shape index (κ3) is 4.96. The molecule has 0 aliphatic heterocycles. The van der Waals surface area contributed by atoms with Crippen LogP contribution in [-0.4, -0.2) is 17.0 Å². The van der Waals surface area contributed by atoms with Crippen molar-refractivity contribution in [1.82, 2.24) is 0 Å². The van der Waals surface area contributed by atoms with E-state index in [1.54, 1.807) is 12.1 Å². The van der Waals surface area contributed by atoms with Gasteiger partial charge in [0.15, 0.2) is 0 Å². The normalized spacial score (nSPS) is 11.9. The van der Waals surface area contributed by atoms with E-state index in [4.69, 9.17) is 0 Å². The summed E-state index contributed by atoms with van der Waals surface area (Å²) < 4.78 is 38.4. The Bertz CT molecular complexity index is 1110. The van der Waals surface area contributed by atoms with Gasteiger partial charge in [-0.25, -0.2) is 4.79 Å². The fourth-order valence-corrected chi connectivity index (χ4v) is 3.97. The topological polar surface area (TPSA) is 66.4 Å². The molecule has 0 aliphatic rings. The van der Waals surface area contributed by atoms with Gasteiger partial charge in [-0.2, -0.15) is 13.2 Å². The number of carbonyl (C=O) groups excluding carboxylic acids is 1. The molecule has 0 spiro atoms. The Hall–Kier alpha value is -3.13. The zero-order chi connectivity index (χ0) is 23.0. The lowest BCUT2D eigenvalue weighted by Gasteiger charge is -2.19. The molecule has 1 heterocycles. The van der Waals surface area contributed by atoms with E-state index in [0.717, 1.165) is 29.0 Å². The first-order valence-corrected chi connectivity index (χ1v) is 10.2. The monoisotopic (exact) mass is 447 g/mol. The van der Waals surface area contributed by atoms with E-state index in [-0.39, 0.29) is 21.5 Å². The number of alkyl halides is 3. The lowest BCUT2D eigenvalue weighted by molar-refractivity contribution is -0.137. The summed E-state index contributed by atoms with van der Waals surface area (Å²) in [6, 6.07) is 11.2. The van der Waals surface area contributed by atoms with Crippen LogP contribution in [0.25, 0.3) is 11.1 Å². The second kappa shape index (κ2) is 8.19. The number of carboxylic acids is 1. The number of rotatable bonds is 4. The minimum absolute atomic E-state index is 0.0736. The maximum absolute atomic E-state index is 12.8. The maximum atomic E-state index is 12.8. The van der Waals surface area contributed by atoms with E-state index in [9.17, 15) is 27.9 Å². The first-order chi connectivity index (χ1) is 14.4. The zero-order valence-corrected chi connectivity index (χ0v) is 17.8. The Balaban J connectivity index is 1.89. The minimum Gasteiger partial charge on any atom is -0.478 e. The highest BCUT2D eigenvalue weighted by molar-refractivity contribution is 7.15. The molecule has 0 fully saturated rings. The highest BCUT2D eigenvalue weighted by Gasteiger charge is 2.30. The molecule has 1 aromatic heterocycles. The van der Waals surface area contributed by atoms with Crippen molar-refractivity contribution in [2.75, 3.05) is 5.32 Å². The molecule has 4 nitrogen and oxygen atoms in total. The van der Waals surface area contributed by atoms with Crippen molar-refractivity contribution in [3.63, 3.8) is 0 Å². The standard InChI is InChI=1S/C23H20F3NO3S/c1-22(2,3)15-8-6-14(7-9-15)19(28)27-20-18(21(29)30)17(12-31-20)13-4-10-16(11-5-13)23(24,25)26/h4-12H,1-3H3,(H,27,28)(H,29,30). The third-order valence-corrected chi connectivity index (χ3v) is 5.66. The number of nitrogens with one attached hydrogen (secondary N) is 1. The Kier molecular flexibility index (Phi) is 5.96. The Labute approximate surface area is 181 Å². The Morgan fingerprint density at radius 2 is 1.45 bits per heavy atom. The van der Waals surface area contributed by atoms with Crippen molar-refractivity contribution in [3.8, 4) is 11.1 Å². The molecule has 3 aromatic rings. The van der Waals surface area contributed by atoms with Crippen molar-refractivity contribution >= 4 is 28.2 Å². The fraction of sp³-hybridized carbons (Fsp3) is 0.217. The first kappa shape index (κ1) is 22.6. The van der Waals surface area contributed by atoms with E-state index in [1.807, 2.05) is 12.1 Å². The highest BCUT2D eigenvalue weighted by atomic mass is 32.1. The Morgan fingerprint density at radius 3 is 1.94 bits per heavy atom. The fourth-order valence-electron chi connectivity index (χ4n) is 3.01. The van der Waals surface area contributed by atoms with Crippen molar-refractivity contribution in [3.05, 3.63) is 76.2 Å². The molecular weight excluding hydrogens is 427 g/mol. The minimum atomic E-state index is -4.48. The Morgan fingerprint density at radius 1 is 0.903 bits per heavy atom. The van der Waals surface area contributed by atoms with Crippen LogP contribution in [-0.2, 0) is 11.6 Å². The summed E-state index contributed by atoms with van der Waals surface area (Å²) in [5, 5.41) is 13.9. The van der Waals surface area contributed by atoms with Crippen LogP contribution in [0.15, 0.2) is 53.9 Å². The molecule has 0 atom stereocenters. The van der Waals surface area contributed by atoms with Crippen LogP contribution in [0.4, 0.5) is 18.2 Å². The van der Waals surface area contributed by atoms with Crippen LogP contribution in [0.3, 0.4) is 0 Å². The van der Waals surface area contributed by atoms with Crippen LogP contribution >= 0.6 is 11.3 Å². The van der Waals surface area contributed by atoms with Gasteiger partial charge in [-0.1, -0.05) is 45.0 Å². The van der Waals surface area contributed by atoms with Gasteiger partial charge in [0.25, 0.3) is 5.91 Å². The average molecular weight is 447 g/mol. The van der Waals surface area contributed by atoms with Crippen LogP contribution in [0.5, 0.6) is 0 Å². The molecule has 0 radical (unpaired) electrons. The van der Waals surface area contributed by atoms with Gasteiger partial charge in [0.2, 0.25) is 0 Å². The number of thiophene rings is 1. The zero-order valence-electron chi connectivity index (χ0n) is 17.0. The lowest BCUT2D eigenvalue weighted by atomic mass is 9.87. The molecule has 2 aromatic carbocycles. The van der Waals surface area contributed by atoms with Gasteiger partial charge in [-0.05, 0) is 40.8 Å². The van der Waals surface area contributed by atoms with Crippen LogP contribution < -0.4 is 5.32 Å². The number of aromatic carboxylic acids is 1. The largest absolute Gasteiger partial charge is 0.478 e. The summed E-state index contributed by atoms with van der Waals surface area (Å²) in [4.78, 5) is 24.5. The summed E-state index contributed by atoms with van der Waals surface area (Å²) in [5.41, 5.74) is 0.918. The quantitative estimate of drug-likeness (QED) is 0.469. The van der Waals surface area contributed by atoms with Gasteiger partial charge < -0.3 is 10.4 Å². The molecule has 31 heavy (non-hydrogen) atoms. The molecular formula is C23H20F3NO3S. The van der Waals surface area contributed by atoms with E-state index >= 15 is 0 Å². The van der Waals surface area contributed by atoms with Crippen molar-refractivity contribution in [1.29, 1.82) is 0 Å². The van der Waals surface area contributed by atoms with Gasteiger partial charge in [-0.3, -0.25) is 4.79 Å². The van der Waals surface area contributed by atoms with Crippen LogP contribution in [0.1, 0.15) is 52.6 Å². The smallest absolute Gasteiger partial charge is 0.416 e. The number of carbonyl (C=O) groups is 2. The molecule has 0 saturated heterocycles. The molecule has 0 bridgehead atoms. The number of halogens is 3. The molecule has 3 rings (SSSR count). The summed E-state index contributed by atoms with van der Waals surface area (Å²) in [6.07, 6.45) is -4.48. The molecule has 2 N–H and O–H groups in total. The van der Waals surface area contributed by atoms with Crippen molar-refractivity contribution in [2.24, 2.45) is 0 Å². The van der Waals surface area contributed by atoms with Gasteiger partial charge in [0.05, 0.1) is 5.56 Å². The average Bonchev–Trinajstić information content (AvgIpc) is 3.10. The van der Waals surface area contributed by atoms with Crippen LogP contribution in [0, 0.1) is 0 Å². The molecule has 0 unspecified atom stereocenters. The number of hydrogen-bond acceptors (Lipinski definition) is 3. The second-order valence-electron chi connectivity index (χ2n) is 8.02. The number of benzene rings is 2. The second-order valence-corrected chi connectivity index (χ2v) is 8.89. The van der Waals surface area contributed by atoms with Gasteiger partial charge in [0, 0.05) is 16.5 Å². The number of anilines is 1. The summed E-state index contributed by atoms with van der Waals surface area (Å²) in [5.74, 6) is -1.75. The number of amides is 1. The highest BCUT2D eigenvalue weighted by Crippen LogP contribution is 2.37. The number of hydrogen-bond donors (Lipinski definition) is 2. The first-order valence-electron chi connectivity index (χ1n) is 9.32. The maximum Gasteiger partial charge on any atom is 0.416 e. The lowest BCUT2D eigenvalue weighted by Crippen LogP contribution is -2.15. The SMILES string of the molecule is CC(C)(C)c1ccc(C(=O)Nc2scc(-c3ccc(C(F)(F)F)cc3)c2C(=O)O)cc1. The predicted molar refractivity (Wildman–Crippen MR) is 115 cm³/mol. The number of carboxylic acid groups (broad SMARTS) is 1. The molecule has 1 amide bonds. The van der Waals surface area contributed by atoms with Gasteiger partial charge >= 0.3 is 12.1 Å². The van der Waals surface area contributed by atoms with Crippen LogP contribution in [0.2, 0.25) is 0 Å². The molecule has 8 heteroatoms. The van der Waals surface area contributed by atoms with E-state index in [0.29, 0.717) is 11.1 Å². The van der Waals surface area contributed by atoms with E-state index < -0.39 is 23.6 Å². The van der Waals surface area contributed by atoms with E-state index in [1.165, 1.54) is 17.5 Å². The third-order valence-electron chi connectivity index (χ3n) is 4.77. The van der Waals surface area contributed by atoms with Gasteiger partial charge in [-0.15, -0.1) is 11.3 Å². The summed E-state index contributed by atoms with van der Waals surface area (Å²) >= 11 is 1.00. The molecule has 0 saturated carbocycles. The molecule has 0 aliphatic carbocycles. The van der Waals surface area contributed by atoms with Gasteiger partial charge in [0.1, 0.15) is 10.6 Å². The van der Waals surface area contributed by atoms with Crippen molar-refractivity contribution in [2.45, 2.75) is 32.4 Å².